The third kappa shape index (κ3) is 6.38. The molecule has 10 aromatic carbocycles. The van der Waals surface area contributed by atoms with Crippen molar-refractivity contribution in [3.63, 3.8) is 0 Å². The van der Waals surface area contributed by atoms with Crippen molar-refractivity contribution in [2.75, 3.05) is 0 Å². The number of hydrogen-bond acceptors (Lipinski definition) is 5. The van der Waals surface area contributed by atoms with Gasteiger partial charge in [0, 0.05) is 65.8 Å². The van der Waals surface area contributed by atoms with E-state index in [1.165, 1.54) is 21.9 Å². The lowest BCUT2D eigenvalue weighted by molar-refractivity contribution is 0.665. The zero-order valence-corrected chi connectivity index (χ0v) is 37.0. The Morgan fingerprint density at radius 2 is 0.797 bits per heavy atom. The summed E-state index contributed by atoms with van der Waals surface area (Å²) in [7, 11) is 0. The normalized spacial score (nSPS) is 11.8. The summed E-state index contributed by atoms with van der Waals surface area (Å²) in [5.41, 5.74) is 15.6. The Bertz CT molecular complexity index is 4290. The molecule has 0 aliphatic heterocycles. The lowest BCUT2D eigenvalue weighted by Crippen LogP contribution is -2.00. The van der Waals surface area contributed by atoms with Crippen LogP contribution in [-0.2, 0) is 0 Å². The fourth-order valence-corrected chi connectivity index (χ4v) is 10.2. The number of hydrogen-bond donors (Lipinski definition) is 0. The molecule has 0 saturated carbocycles. The molecule has 4 heterocycles. The summed E-state index contributed by atoms with van der Waals surface area (Å²) in [6, 6.07) is 80.3. The van der Waals surface area contributed by atoms with Gasteiger partial charge < -0.3 is 13.4 Å². The summed E-state index contributed by atoms with van der Waals surface area (Å²) in [4.78, 5) is 15.5. The highest BCUT2D eigenvalue weighted by atomic mass is 16.3. The van der Waals surface area contributed by atoms with E-state index in [0.717, 1.165) is 99.5 Å². The van der Waals surface area contributed by atoms with E-state index in [2.05, 4.69) is 174 Å². The molecule has 6 heteroatoms. The van der Waals surface area contributed by atoms with Crippen LogP contribution in [0.25, 0.3) is 139 Å². The number of nitrogens with zero attached hydrogens (tertiary/aromatic N) is 4. The molecular weight excluding hydrogens is 845 g/mol. The number of furan rings is 2. The quantitative estimate of drug-likeness (QED) is 0.159. The van der Waals surface area contributed by atoms with Gasteiger partial charge in [-0.1, -0.05) is 188 Å². The molecule has 0 amide bonds. The standard InChI is InChI=1S/C63H38N4O2/c1-4-16-39(17-5-1)41-30-32-43(33-31-41)62-64-61(42-20-8-3-9-21-42)65-63(66-62)50-26-15-29-57-58(50)49-25-14-24-48(59(49)69-57)53-38-45(37-52-47-23-11-13-28-56(47)68-60(52)53)67-54-27-12-10-22-46(54)51-36-44(34-35-55(51)67)40-18-6-2-7-19-40/h1-38H. The Morgan fingerprint density at radius 1 is 0.290 bits per heavy atom. The van der Waals surface area contributed by atoms with Crippen molar-refractivity contribution in [1.29, 1.82) is 0 Å². The van der Waals surface area contributed by atoms with Gasteiger partial charge in [0.25, 0.3) is 0 Å². The van der Waals surface area contributed by atoms with E-state index in [1.54, 1.807) is 0 Å². The Morgan fingerprint density at radius 3 is 1.57 bits per heavy atom. The zero-order chi connectivity index (χ0) is 45.4. The van der Waals surface area contributed by atoms with Gasteiger partial charge in [0.1, 0.15) is 22.3 Å². The van der Waals surface area contributed by atoms with Crippen LogP contribution in [0.2, 0.25) is 0 Å². The first-order chi connectivity index (χ1) is 34.2. The highest BCUT2D eigenvalue weighted by Crippen LogP contribution is 2.45. The van der Waals surface area contributed by atoms with Crippen LogP contribution in [0.4, 0.5) is 0 Å². The Labute approximate surface area is 396 Å². The largest absolute Gasteiger partial charge is 0.455 e. The van der Waals surface area contributed by atoms with Gasteiger partial charge in [0.05, 0.1) is 11.0 Å². The summed E-state index contributed by atoms with van der Waals surface area (Å²) in [5, 5.41) is 6.35. The van der Waals surface area contributed by atoms with Crippen molar-refractivity contribution in [2.45, 2.75) is 0 Å². The van der Waals surface area contributed by atoms with Gasteiger partial charge in [0.15, 0.2) is 17.5 Å². The van der Waals surface area contributed by atoms with Crippen LogP contribution in [0.1, 0.15) is 0 Å². The van der Waals surface area contributed by atoms with Crippen LogP contribution in [0.5, 0.6) is 0 Å². The average molecular weight is 883 g/mol. The van der Waals surface area contributed by atoms with Crippen molar-refractivity contribution in [2.24, 2.45) is 0 Å². The molecular formula is C63H38N4O2. The molecule has 14 aromatic rings. The van der Waals surface area contributed by atoms with E-state index >= 15 is 0 Å². The molecule has 0 radical (unpaired) electrons. The molecule has 0 unspecified atom stereocenters. The maximum absolute atomic E-state index is 7.01. The lowest BCUT2D eigenvalue weighted by atomic mass is 9.98. The van der Waals surface area contributed by atoms with E-state index in [4.69, 9.17) is 23.8 Å². The first-order valence-electron chi connectivity index (χ1n) is 23.2. The number of para-hydroxylation sites is 3. The van der Waals surface area contributed by atoms with Crippen LogP contribution in [0.15, 0.2) is 239 Å². The SMILES string of the molecule is c1ccc(-c2ccc(-c3nc(-c4ccccc4)nc(-c4cccc5oc6c(-c7cc(-n8c9ccccc9c9cc(-c%10ccccc%10)ccc98)cc8c7oc7ccccc78)cccc6c45)n3)cc2)cc1. The molecule has 0 bridgehead atoms. The molecule has 0 aliphatic carbocycles. The molecule has 14 rings (SSSR count). The summed E-state index contributed by atoms with van der Waals surface area (Å²) in [5.74, 6) is 1.75. The van der Waals surface area contributed by atoms with Crippen LogP contribution < -0.4 is 0 Å². The Balaban J connectivity index is 0.974. The van der Waals surface area contributed by atoms with E-state index in [0.29, 0.717) is 17.5 Å². The van der Waals surface area contributed by atoms with Crippen molar-refractivity contribution >= 4 is 65.7 Å². The minimum absolute atomic E-state index is 0.563. The van der Waals surface area contributed by atoms with Crippen molar-refractivity contribution < 1.29 is 8.83 Å². The van der Waals surface area contributed by atoms with Crippen LogP contribution in [0.3, 0.4) is 0 Å². The highest BCUT2D eigenvalue weighted by molar-refractivity contribution is 6.18. The molecule has 0 spiro atoms. The molecule has 69 heavy (non-hydrogen) atoms. The summed E-state index contributed by atoms with van der Waals surface area (Å²) in [6.07, 6.45) is 0. The van der Waals surface area contributed by atoms with Crippen molar-refractivity contribution in [3.05, 3.63) is 231 Å². The van der Waals surface area contributed by atoms with Gasteiger partial charge in [-0.25, -0.2) is 15.0 Å². The zero-order valence-electron chi connectivity index (χ0n) is 37.0. The van der Waals surface area contributed by atoms with Gasteiger partial charge in [-0.3, -0.25) is 0 Å². The number of aromatic nitrogens is 4. The Hall–Kier alpha value is -9.39. The van der Waals surface area contributed by atoms with Gasteiger partial charge in [-0.15, -0.1) is 0 Å². The van der Waals surface area contributed by atoms with Gasteiger partial charge in [-0.05, 0) is 64.7 Å². The van der Waals surface area contributed by atoms with Gasteiger partial charge >= 0.3 is 0 Å². The fraction of sp³-hybridized carbons (Fsp3) is 0. The summed E-state index contributed by atoms with van der Waals surface area (Å²) < 4.78 is 16.2. The van der Waals surface area contributed by atoms with Crippen molar-refractivity contribution in [1.82, 2.24) is 19.5 Å². The monoisotopic (exact) mass is 882 g/mol. The molecule has 0 fully saturated rings. The Kier molecular flexibility index (Phi) is 8.79. The third-order valence-electron chi connectivity index (χ3n) is 13.5. The third-order valence-corrected chi connectivity index (χ3v) is 13.5. The molecule has 4 aromatic heterocycles. The molecule has 6 nitrogen and oxygen atoms in total. The summed E-state index contributed by atoms with van der Waals surface area (Å²) in [6.45, 7) is 0. The second kappa shape index (κ2) is 15.6. The maximum atomic E-state index is 7.01. The lowest BCUT2D eigenvalue weighted by Gasteiger charge is -2.12. The van der Waals surface area contributed by atoms with Crippen LogP contribution in [0, 0.1) is 0 Å². The average Bonchev–Trinajstić information content (AvgIpc) is 4.11. The first-order valence-corrected chi connectivity index (χ1v) is 23.2. The fourth-order valence-electron chi connectivity index (χ4n) is 10.2. The van der Waals surface area contributed by atoms with E-state index in [-0.39, 0.29) is 0 Å². The van der Waals surface area contributed by atoms with E-state index in [1.807, 2.05) is 60.7 Å². The smallest absolute Gasteiger partial charge is 0.164 e. The molecule has 0 N–H and O–H groups in total. The predicted octanol–water partition coefficient (Wildman–Crippen LogP) is 16.8. The highest BCUT2D eigenvalue weighted by Gasteiger charge is 2.24. The van der Waals surface area contributed by atoms with E-state index < -0.39 is 0 Å². The molecule has 322 valence electrons. The van der Waals surface area contributed by atoms with Gasteiger partial charge in [0.2, 0.25) is 0 Å². The number of benzene rings is 10. The second-order valence-corrected chi connectivity index (χ2v) is 17.5. The molecule has 0 aliphatic rings. The minimum atomic E-state index is 0.563. The van der Waals surface area contributed by atoms with Crippen LogP contribution in [-0.4, -0.2) is 19.5 Å². The molecule has 0 atom stereocenters. The van der Waals surface area contributed by atoms with Gasteiger partial charge in [-0.2, -0.15) is 0 Å². The summed E-state index contributed by atoms with van der Waals surface area (Å²) >= 11 is 0. The first kappa shape index (κ1) is 38.8. The predicted molar refractivity (Wildman–Crippen MR) is 281 cm³/mol. The van der Waals surface area contributed by atoms with E-state index in [9.17, 15) is 0 Å². The number of fused-ring (bicyclic) bond motifs is 9. The maximum Gasteiger partial charge on any atom is 0.164 e. The molecule has 0 saturated heterocycles. The van der Waals surface area contributed by atoms with Crippen molar-refractivity contribution in [3.8, 4) is 73.2 Å². The minimum Gasteiger partial charge on any atom is -0.455 e. The second-order valence-electron chi connectivity index (χ2n) is 17.5. The topological polar surface area (TPSA) is 69.9 Å². The number of rotatable bonds is 7. The van der Waals surface area contributed by atoms with Crippen LogP contribution >= 0.6 is 0 Å².